The molecule has 3 aromatic rings. The van der Waals surface area contributed by atoms with Crippen molar-refractivity contribution < 1.29 is 19.6 Å². The van der Waals surface area contributed by atoms with Crippen molar-refractivity contribution in [1.82, 2.24) is 4.98 Å². The lowest BCUT2D eigenvalue weighted by molar-refractivity contribution is -0.721. The first-order valence-corrected chi connectivity index (χ1v) is 9.63. The van der Waals surface area contributed by atoms with Crippen LogP contribution in [0.3, 0.4) is 0 Å². The van der Waals surface area contributed by atoms with E-state index in [2.05, 4.69) is 31.1 Å². The zero-order chi connectivity index (χ0) is 20.1. The number of hydrogen-bond donors (Lipinski definition) is 2. The van der Waals surface area contributed by atoms with Gasteiger partial charge in [-0.05, 0) is 57.5 Å². The van der Waals surface area contributed by atoms with Crippen LogP contribution >= 0.6 is 0 Å². The van der Waals surface area contributed by atoms with E-state index in [1.54, 1.807) is 12.1 Å². The zero-order valence-corrected chi connectivity index (χ0v) is 17.0. The van der Waals surface area contributed by atoms with Gasteiger partial charge in [0.05, 0.1) is 11.1 Å². The standard InChI is InChI=1S/C23H28N2O3/c1-16-13-24-19-11-8-12-20(21(16)19)27-15-18(14-25-23(2,3)4)28-22(26)17-9-6-5-7-10-17/h5-13,18,24-25H,14-15H2,1-4H3/p+1/t18-/m1/s1. The van der Waals surface area contributed by atoms with E-state index in [1.165, 1.54) is 0 Å². The molecule has 0 spiro atoms. The second-order valence-electron chi connectivity index (χ2n) is 8.16. The Morgan fingerprint density at radius 2 is 1.86 bits per heavy atom. The number of carbonyl (C=O) groups is 1. The van der Waals surface area contributed by atoms with Gasteiger partial charge in [-0.1, -0.05) is 24.3 Å². The Balaban J connectivity index is 1.73. The highest BCUT2D eigenvalue weighted by Crippen LogP contribution is 2.28. The van der Waals surface area contributed by atoms with Crippen LogP contribution in [0.2, 0.25) is 0 Å². The summed E-state index contributed by atoms with van der Waals surface area (Å²) < 4.78 is 11.9. The largest absolute Gasteiger partial charge is 0.489 e. The van der Waals surface area contributed by atoms with Crippen molar-refractivity contribution in [3.8, 4) is 5.75 Å². The lowest BCUT2D eigenvalue weighted by Crippen LogP contribution is -2.96. The molecule has 5 nitrogen and oxygen atoms in total. The molecule has 0 aliphatic carbocycles. The average molecular weight is 381 g/mol. The fourth-order valence-electron chi connectivity index (χ4n) is 3.05. The van der Waals surface area contributed by atoms with Crippen LogP contribution in [-0.2, 0) is 4.74 Å². The number of ether oxygens (including phenoxy) is 2. The Labute approximate surface area is 166 Å². The molecule has 0 amide bonds. The first-order valence-electron chi connectivity index (χ1n) is 9.63. The number of hydrogen-bond acceptors (Lipinski definition) is 3. The minimum atomic E-state index is -0.360. The molecule has 148 valence electrons. The summed E-state index contributed by atoms with van der Waals surface area (Å²) >= 11 is 0. The summed E-state index contributed by atoms with van der Waals surface area (Å²) in [6, 6.07) is 15.0. The normalized spacial score (nSPS) is 12.7. The third-order valence-corrected chi connectivity index (χ3v) is 4.57. The lowest BCUT2D eigenvalue weighted by Gasteiger charge is -2.23. The third kappa shape index (κ3) is 5.14. The van der Waals surface area contributed by atoms with E-state index >= 15 is 0 Å². The van der Waals surface area contributed by atoms with Gasteiger partial charge in [0.15, 0.2) is 6.10 Å². The molecule has 0 radical (unpaired) electrons. The van der Waals surface area contributed by atoms with Gasteiger partial charge in [0, 0.05) is 17.1 Å². The molecule has 0 saturated heterocycles. The number of benzene rings is 2. The molecule has 1 atom stereocenters. The molecular weight excluding hydrogens is 352 g/mol. The first-order chi connectivity index (χ1) is 13.3. The Morgan fingerprint density at radius 1 is 1.11 bits per heavy atom. The number of fused-ring (bicyclic) bond motifs is 1. The summed E-state index contributed by atoms with van der Waals surface area (Å²) in [6.07, 6.45) is 1.61. The number of aromatic nitrogens is 1. The van der Waals surface area contributed by atoms with E-state index in [4.69, 9.17) is 9.47 Å². The molecule has 28 heavy (non-hydrogen) atoms. The summed E-state index contributed by atoms with van der Waals surface area (Å²) in [7, 11) is 0. The summed E-state index contributed by atoms with van der Waals surface area (Å²) in [5, 5.41) is 3.23. The maximum Gasteiger partial charge on any atom is 0.338 e. The van der Waals surface area contributed by atoms with Crippen LogP contribution in [0.15, 0.2) is 54.7 Å². The van der Waals surface area contributed by atoms with Gasteiger partial charge in [-0.25, -0.2) is 4.79 Å². The number of aromatic amines is 1. The van der Waals surface area contributed by atoms with E-state index in [0.717, 1.165) is 22.2 Å². The summed E-state index contributed by atoms with van der Waals surface area (Å²) in [6.45, 7) is 9.38. The third-order valence-electron chi connectivity index (χ3n) is 4.57. The van der Waals surface area contributed by atoms with Crippen LogP contribution in [-0.4, -0.2) is 35.7 Å². The highest BCUT2D eigenvalue weighted by atomic mass is 16.6. The highest BCUT2D eigenvalue weighted by Gasteiger charge is 2.23. The minimum Gasteiger partial charge on any atom is -0.489 e. The lowest BCUT2D eigenvalue weighted by atomic mass is 10.1. The Kier molecular flexibility index (Phi) is 6.05. The molecule has 1 heterocycles. The van der Waals surface area contributed by atoms with E-state index in [1.807, 2.05) is 49.5 Å². The van der Waals surface area contributed by atoms with Gasteiger partial charge < -0.3 is 19.8 Å². The van der Waals surface area contributed by atoms with Crippen molar-refractivity contribution in [3.05, 3.63) is 65.9 Å². The monoisotopic (exact) mass is 381 g/mol. The van der Waals surface area contributed by atoms with Crippen molar-refractivity contribution in [1.29, 1.82) is 0 Å². The maximum absolute atomic E-state index is 12.5. The number of carbonyl (C=O) groups excluding carboxylic acids is 1. The SMILES string of the molecule is Cc1c[nH]c2cccc(OC[C@@H](C[NH2+]C(C)(C)C)OC(=O)c3ccccc3)c12. The first kappa shape index (κ1) is 20.0. The van der Waals surface area contributed by atoms with Crippen molar-refractivity contribution in [2.45, 2.75) is 39.3 Å². The quantitative estimate of drug-likeness (QED) is 0.616. The number of nitrogens with one attached hydrogen (secondary N) is 1. The van der Waals surface area contributed by atoms with Crippen LogP contribution in [0.25, 0.3) is 10.9 Å². The van der Waals surface area contributed by atoms with Crippen LogP contribution in [0.5, 0.6) is 5.75 Å². The van der Waals surface area contributed by atoms with Crippen molar-refractivity contribution in [2.75, 3.05) is 13.2 Å². The van der Waals surface area contributed by atoms with Crippen molar-refractivity contribution in [3.63, 3.8) is 0 Å². The predicted molar refractivity (Wildman–Crippen MR) is 111 cm³/mol. The van der Waals surface area contributed by atoms with Gasteiger partial charge >= 0.3 is 5.97 Å². The van der Waals surface area contributed by atoms with E-state index in [9.17, 15) is 4.79 Å². The zero-order valence-electron chi connectivity index (χ0n) is 17.0. The number of quaternary nitrogens is 1. The smallest absolute Gasteiger partial charge is 0.338 e. The maximum atomic E-state index is 12.5. The van der Waals surface area contributed by atoms with E-state index in [-0.39, 0.29) is 17.6 Å². The van der Waals surface area contributed by atoms with Gasteiger partial charge in [0.25, 0.3) is 0 Å². The van der Waals surface area contributed by atoms with E-state index < -0.39 is 0 Å². The molecule has 0 fully saturated rings. The number of H-pyrrole nitrogens is 1. The Bertz CT molecular complexity index is 926. The van der Waals surface area contributed by atoms with Gasteiger partial charge in [-0.15, -0.1) is 0 Å². The summed E-state index contributed by atoms with van der Waals surface area (Å²) in [5.74, 6) is 0.473. The van der Waals surface area contributed by atoms with Crippen LogP contribution in [0.1, 0.15) is 36.7 Å². The Morgan fingerprint density at radius 3 is 2.57 bits per heavy atom. The molecule has 0 aliphatic heterocycles. The summed E-state index contributed by atoms with van der Waals surface area (Å²) in [4.78, 5) is 15.8. The second kappa shape index (κ2) is 8.48. The molecule has 0 bridgehead atoms. The molecule has 0 saturated carbocycles. The second-order valence-corrected chi connectivity index (χ2v) is 8.16. The molecule has 3 rings (SSSR count). The molecule has 1 aromatic heterocycles. The number of aryl methyl sites for hydroxylation is 1. The average Bonchev–Trinajstić information content (AvgIpc) is 3.05. The predicted octanol–water partition coefficient (Wildman–Crippen LogP) is 3.44. The molecule has 0 aliphatic rings. The van der Waals surface area contributed by atoms with Crippen molar-refractivity contribution in [2.24, 2.45) is 0 Å². The fourth-order valence-corrected chi connectivity index (χ4v) is 3.05. The van der Waals surface area contributed by atoms with Gasteiger partial charge in [0.2, 0.25) is 0 Å². The topological polar surface area (TPSA) is 67.9 Å². The molecule has 5 heteroatoms. The van der Waals surface area contributed by atoms with Gasteiger partial charge in [-0.3, -0.25) is 0 Å². The number of nitrogens with two attached hydrogens (primary N) is 1. The minimum absolute atomic E-state index is 0.0364. The number of rotatable bonds is 7. The van der Waals surface area contributed by atoms with Gasteiger partial charge in [-0.2, -0.15) is 0 Å². The molecule has 0 unspecified atom stereocenters. The fraction of sp³-hybridized carbons (Fsp3) is 0.348. The van der Waals surface area contributed by atoms with Crippen LogP contribution in [0, 0.1) is 6.92 Å². The van der Waals surface area contributed by atoms with Crippen molar-refractivity contribution >= 4 is 16.9 Å². The van der Waals surface area contributed by atoms with Crippen LogP contribution in [0.4, 0.5) is 0 Å². The molecular formula is C23H29N2O3+. The Hall–Kier alpha value is -2.79. The number of esters is 1. The highest BCUT2D eigenvalue weighted by molar-refractivity contribution is 5.90. The van der Waals surface area contributed by atoms with Crippen LogP contribution < -0.4 is 10.1 Å². The molecule has 3 N–H and O–H groups in total. The van der Waals surface area contributed by atoms with E-state index in [0.29, 0.717) is 18.7 Å². The van der Waals surface area contributed by atoms with Gasteiger partial charge in [0.1, 0.15) is 18.9 Å². The molecule has 2 aromatic carbocycles. The summed E-state index contributed by atoms with van der Waals surface area (Å²) in [5.41, 5.74) is 2.75.